The van der Waals surface area contributed by atoms with Crippen molar-refractivity contribution in [1.82, 2.24) is 0 Å². The average molecular weight is 409 g/mol. The predicted octanol–water partition coefficient (Wildman–Crippen LogP) is 3.53. The third-order valence-corrected chi connectivity index (χ3v) is 4.46. The second-order valence-corrected chi connectivity index (χ2v) is 5.99. The first-order chi connectivity index (χ1) is 11.9. The van der Waals surface area contributed by atoms with Gasteiger partial charge in [0.05, 0.1) is 32.5 Å². The smallest absolute Gasteiger partial charge is 0.204 e. The number of carbonyl (C=O) groups is 2. The fourth-order valence-corrected chi connectivity index (χ4v) is 3.05. The summed E-state index contributed by atoms with van der Waals surface area (Å²) in [6.07, 6.45) is 0.513. The van der Waals surface area contributed by atoms with Crippen LogP contribution < -0.4 is 14.2 Å². The molecule has 0 fully saturated rings. The number of phenolic OH excluding ortho intramolecular Hbond substituents is 1. The summed E-state index contributed by atoms with van der Waals surface area (Å²) in [4.78, 5) is 24.6. The zero-order chi connectivity index (χ0) is 18.7. The summed E-state index contributed by atoms with van der Waals surface area (Å²) in [5.41, 5.74) is 0.673. The topological polar surface area (TPSA) is 82.1 Å². The molecular formula is C18H17BrO6. The molecule has 0 bridgehead atoms. The van der Waals surface area contributed by atoms with Crippen LogP contribution in [0.4, 0.5) is 0 Å². The number of phenols is 1. The zero-order valence-electron chi connectivity index (χ0n) is 14.2. The van der Waals surface area contributed by atoms with Crippen molar-refractivity contribution < 1.29 is 28.9 Å². The van der Waals surface area contributed by atoms with E-state index in [1.54, 1.807) is 13.0 Å². The molecule has 1 N–H and O–H groups in total. The fourth-order valence-electron chi connectivity index (χ4n) is 2.62. The van der Waals surface area contributed by atoms with Crippen LogP contribution >= 0.6 is 15.9 Å². The van der Waals surface area contributed by atoms with Crippen LogP contribution in [-0.4, -0.2) is 38.5 Å². The lowest BCUT2D eigenvalue weighted by Crippen LogP contribution is -2.11. The highest BCUT2D eigenvalue weighted by Gasteiger charge is 2.28. The maximum Gasteiger partial charge on any atom is 0.204 e. The van der Waals surface area contributed by atoms with Gasteiger partial charge in [0.15, 0.2) is 17.8 Å². The van der Waals surface area contributed by atoms with E-state index < -0.39 is 5.78 Å². The van der Waals surface area contributed by atoms with E-state index in [0.717, 1.165) is 0 Å². The van der Waals surface area contributed by atoms with E-state index in [-0.39, 0.29) is 33.9 Å². The average Bonchev–Trinajstić information content (AvgIpc) is 2.61. The molecule has 2 aromatic carbocycles. The van der Waals surface area contributed by atoms with E-state index in [9.17, 15) is 14.7 Å². The van der Waals surface area contributed by atoms with Gasteiger partial charge < -0.3 is 19.3 Å². The summed E-state index contributed by atoms with van der Waals surface area (Å²) >= 11 is 3.22. The quantitative estimate of drug-likeness (QED) is 0.581. The highest BCUT2D eigenvalue weighted by atomic mass is 79.9. The predicted molar refractivity (Wildman–Crippen MR) is 95.5 cm³/mol. The normalized spacial score (nSPS) is 10.3. The van der Waals surface area contributed by atoms with E-state index in [1.165, 1.54) is 33.5 Å². The number of carbonyl (C=O) groups excluding carboxylic acids is 2. The first-order valence-corrected chi connectivity index (χ1v) is 8.01. The number of benzene rings is 2. The van der Waals surface area contributed by atoms with Gasteiger partial charge in [0, 0.05) is 10.0 Å². The van der Waals surface area contributed by atoms with E-state index in [4.69, 9.17) is 14.2 Å². The number of hydrogen-bond donors (Lipinski definition) is 1. The number of aldehydes is 1. The number of ketones is 1. The molecule has 0 radical (unpaired) electrons. The first kappa shape index (κ1) is 18.8. The van der Waals surface area contributed by atoms with Crippen molar-refractivity contribution in [2.45, 2.75) is 6.92 Å². The van der Waals surface area contributed by atoms with Crippen LogP contribution in [0.2, 0.25) is 0 Å². The van der Waals surface area contributed by atoms with Crippen molar-refractivity contribution in [3.63, 3.8) is 0 Å². The summed E-state index contributed by atoms with van der Waals surface area (Å²) < 4.78 is 16.3. The third-order valence-electron chi connectivity index (χ3n) is 3.77. The third kappa shape index (κ3) is 3.19. The number of rotatable bonds is 6. The van der Waals surface area contributed by atoms with Gasteiger partial charge in [-0.25, -0.2) is 0 Å². The highest BCUT2D eigenvalue weighted by Crippen LogP contribution is 2.43. The van der Waals surface area contributed by atoms with Crippen LogP contribution in [-0.2, 0) is 0 Å². The Labute approximate surface area is 153 Å². The van der Waals surface area contributed by atoms with Crippen LogP contribution in [0, 0.1) is 6.92 Å². The molecule has 6 nitrogen and oxygen atoms in total. The minimum absolute atomic E-state index is 0.0567. The molecule has 0 atom stereocenters. The van der Waals surface area contributed by atoms with Gasteiger partial charge in [0.1, 0.15) is 5.75 Å². The monoisotopic (exact) mass is 408 g/mol. The Balaban J connectivity index is 2.82. The number of aryl methyl sites for hydroxylation is 1. The summed E-state index contributed by atoms with van der Waals surface area (Å²) in [6.45, 7) is 1.70. The largest absolute Gasteiger partial charge is 0.507 e. The van der Waals surface area contributed by atoms with E-state index in [0.29, 0.717) is 22.1 Å². The van der Waals surface area contributed by atoms with Crippen LogP contribution in [0.1, 0.15) is 31.8 Å². The summed E-state index contributed by atoms with van der Waals surface area (Å²) in [5, 5.41) is 10.2. The molecule has 0 unspecified atom stereocenters. The van der Waals surface area contributed by atoms with E-state index in [1.807, 2.05) is 0 Å². The van der Waals surface area contributed by atoms with Crippen LogP contribution in [0.25, 0.3) is 0 Å². The van der Waals surface area contributed by atoms with Crippen molar-refractivity contribution in [3.8, 4) is 23.0 Å². The van der Waals surface area contributed by atoms with Gasteiger partial charge in [-0.2, -0.15) is 0 Å². The van der Waals surface area contributed by atoms with Crippen molar-refractivity contribution >= 4 is 28.0 Å². The Morgan fingerprint density at radius 1 is 1.08 bits per heavy atom. The van der Waals surface area contributed by atoms with Crippen molar-refractivity contribution in [3.05, 3.63) is 44.9 Å². The fraction of sp³-hybridized carbons (Fsp3) is 0.222. The van der Waals surface area contributed by atoms with Gasteiger partial charge in [0.25, 0.3) is 0 Å². The molecule has 7 heteroatoms. The molecule has 0 aliphatic rings. The van der Waals surface area contributed by atoms with Gasteiger partial charge >= 0.3 is 0 Å². The Morgan fingerprint density at radius 3 is 2.24 bits per heavy atom. The minimum Gasteiger partial charge on any atom is -0.507 e. The summed E-state index contributed by atoms with van der Waals surface area (Å²) in [6, 6.07) is 4.46. The van der Waals surface area contributed by atoms with Crippen LogP contribution in [0.15, 0.2) is 22.7 Å². The van der Waals surface area contributed by atoms with Gasteiger partial charge in [-0.05, 0) is 30.7 Å². The molecule has 0 heterocycles. The number of ether oxygens (including phenoxy) is 3. The van der Waals surface area contributed by atoms with Crippen molar-refractivity contribution in [2.75, 3.05) is 21.3 Å². The summed E-state index contributed by atoms with van der Waals surface area (Å²) in [5.74, 6) is -0.0353. The lowest BCUT2D eigenvalue weighted by Gasteiger charge is -2.18. The maximum atomic E-state index is 13.2. The van der Waals surface area contributed by atoms with Crippen molar-refractivity contribution in [1.29, 1.82) is 0 Å². The van der Waals surface area contributed by atoms with Gasteiger partial charge in [-0.15, -0.1) is 0 Å². The van der Waals surface area contributed by atoms with Crippen LogP contribution in [0.3, 0.4) is 0 Å². The lowest BCUT2D eigenvalue weighted by molar-refractivity contribution is 0.102. The molecule has 0 aromatic heterocycles. The van der Waals surface area contributed by atoms with E-state index in [2.05, 4.69) is 15.9 Å². The van der Waals surface area contributed by atoms with Crippen molar-refractivity contribution in [2.24, 2.45) is 0 Å². The Bertz CT molecular complexity index is 844. The molecule has 0 amide bonds. The molecule has 2 aromatic rings. The molecule has 0 spiro atoms. The maximum absolute atomic E-state index is 13.2. The zero-order valence-corrected chi connectivity index (χ0v) is 15.8. The number of hydrogen-bond acceptors (Lipinski definition) is 6. The standard InChI is InChI=1S/C18H17BrO6/c1-9-7-13(23-2)17(24-3)18(25-4)14(9)16(22)15-10(8-20)11(19)5-6-12(15)21/h5-8,21H,1-4H3. The van der Waals surface area contributed by atoms with Gasteiger partial charge in [0.2, 0.25) is 11.5 Å². The second kappa shape index (κ2) is 7.57. The Hall–Kier alpha value is -2.54. The summed E-state index contributed by atoms with van der Waals surface area (Å²) in [7, 11) is 4.30. The second-order valence-electron chi connectivity index (χ2n) is 5.14. The molecule has 0 saturated heterocycles. The molecule has 132 valence electrons. The highest BCUT2D eigenvalue weighted by molar-refractivity contribution is 9.10. The lowest BCUT2D eigenvalue weighted by atomic mass is 9.93. The number of aromatic hydroxyl groups is 1. The minimum atomic E-state index is -0.559. The molecule has 0 saturated carbocycles. The Morgan fingerprint density at radius 2 is 1.72 bits per heavy atom. The van der Waals surface area contributed by atoms with Gasteiger partial charge in [-0.3, -0.25) is 9.59 Å². The Kier molecular flexibility index (Phi) is 5.69. The molecule has 25 heavy (non-hydrogen) atoms. The molecule has 2 rings (SSSR count). The number of methoxy groups -OCH3 is 3. The number of halogens is 1. The van der Waals surface area contributed by atoms with Crippen LogP contribution in [0.5, 0.6) is 23.0 Å². The van der Waals surface area contributed by atoms with Gasteiger partial charge in [-0.1, -0.05) is 15.9 Å². The molecule has 0 aliphatic heterocycles. The van der Waals surface area contributed by atoms with E-state index >= 15 is 0 Å². The first-order valence-electron chi connectivity index (χ1n) is 7.22. The molecular weight excluding hydrogens is 392 g/mol. The SMILES string of the molecule is COc1cc(C)c(C(=O)c2c(O)ccc(Br)c2C=O)c(OC)c1OC. The molecule has 0 aliphatic carbocycles.